The second kappa shape index (κ2) is 7.38. The first-order valence-corrected chi connectivity index (χ1v) is 8.29. The summed E-state index contributed by atoms with van der Waals surface area (Å²) in [5.74, 6) is 5.63. The molecule has 0 amide bonds. The number of benzene rings is 2. The van der Waals surface area contributed by atoms with Gasteiger partial charge in [0.2, 0.25) is 0 Å². The number of hydrogen-bond acceptors (Lipinski definition) is 1. The van der Waals surface area contributed by atoms with Crippen molar-refractivity contribution in [3.8, 4) is 11.8 Å². The molecular formula is C21H22ClFO. The molecule has 0 aliphatic rings. The van der Waals surface area contributed by atoms with Gasteiger partial charge in [-0.3, -0.25) is 0 Å². The van der Waals surface area contributed by atoms with Gasteiger partial charge in [0.25, 0.3) is 0 Å². The van der Waals surface area contributed by atoms with Gasteiger partial charge in [-0.25, -0.2) is 4.39 Å². The molecule has 0 heterocycles. The Bertz CT molecular complexity index is 754. The van der Waals surface area contributed by atoms with E-state index in [1.165, 1.54) is 12.1 Å². The van der Waals surface area contributed by atoms with Crippen molar-refractivity contribution in [3.63, 3.8) is 0 Å². The average molecular weight is 345 g/mol. The van der Waals surface area contributed by atoms with E-state index in [1.807, 2.05) is 44.2 Å². The van der Waals surface area contributed by atoms with Crippen LogP contribution in [0.1, 0.15) is 38.3 Å². The minimum Gasteiger partial charge on any atom is -0.378 e. The van der Waals surface area contributed by atoms with Crippen molar-refractivity contribution in [2.24, 2.45) is 0 Å². The molecule has 1 N–H and O–H groups in total. The first kappa shape index (κ1) is 18.5. The molecule has 3 heteroatoms. The molecule has 0 bridgehead atoms. The Labute approximate surface area is 148 Å². The Hall–Kier alpha value is -1.82. The maximum absolute atomic E-state index is 13.2. The fourth-order valence-corrected chi connectivity index (χ4v) is 3.39. The fourth-order valence-electron chi connectivity index (χ4n) is 2.97. The highest BCUT2D eigenvalue weighted by Crippen LogP contribution is 2.36. The Kier molecular flexibility index (Phi) is 5.70. The molecule has 24 heavy (non-hydrogen) atoms. The summed E-state index contributed by atoms with van der Waals surface area (Å²) in [4.78, 5) is 0. The standard InChI is InChI=1S/C21H22ClFO/c1-20(2,18-12-11-17(23)14-19(18)22)15-21(3,24)13-7-10-16-8-5-4-6-9-16/h4-6,8-9,11-12,14,24H,10,15H2,1-3H3. The van der Waals surface area contributed by atoms with Gasteiger partial charge in [0.05, 0.1) is 0 Å². The van der Waals surface area contributed by atoms with Crippen molar-refractivity contribution >= 4 is 11.6 Å². The second-order valence-electron chi connectivity index (χ2n) is 6.92. The predicted octanol–water partition coefficient (Wildman–Crippen LogP) is 5.14. The predicted molar refractivity (Wildman–Crippen MR) is 97.6 cm³/mol. The summed E-state index contributed by atoms with van der Waals surface area (Å²) in [5.41, 5.74) is 0.323. The molecule has 2 aromatic rings. The van der Waals surface area contributed by atoms with Crippen LogP contribution in [-0.4, -0.2) is 10.7 Å². The van der Waals surface area contributed by atoms with Gasteiger partial charge in [-0.2, -0.15) is 0 Å². The van der Waals surface area contributed by atoms with Crippen LogP contribution in [0, 0.1) is 17.7 Å². The van der Waals surface area contributed by atoms with Gasteiger partial charge in [-0.05, 0) is 42.0 Å². The Morgan fingerprint density at radius 3 is 2.38 bits per heavy atom. The molecule has 0 spiro atoms. The SMILES string of the molecule is CC(O)(C#CCc1ccccc1)CC(C)(C)c1ccc(F)cc1Cl. The number of aliphatic hydroxyl groups is 1. The minimum absolute atomic E-state index is 0.367. The number of rotatable bonds is 4. The van der Waals surface area contributed by atoms with E-state index in [-0.39, 0.29) is 5.82 Å². The van der Waals surface area contributed by atoms with Crippen molar-refractivity contribution in [2.45, 2.75) is 44.6 Å². The Balaban J connectivity index is 2.12. The van der Waals surface area contributed by atoms with Gasteiger partial charge < -0.3 is 5.11 Å². The molecule has 0 aliphatic heterocycles. The Morgan fingerprint density at radius 2 is 1.75 bits per heavy atom. The third-order valence-electron chi connectivity index (χ3n) is 3.94. The highest BCUT2D eigenvalue weighted by molar-refractivity contribution is 6.31. The molecule has 1 unspecified atom stereocenters. The van der Waals surface area contributed by atoms with E-state index < -0.39 is 11.0 Å². The summed E-state index contributed by atoms with van der Waals surface area (Å²) < 4.78 is 13.2. The van der Waals surface area contributed by atoms with E-state index in [2.05, 4.69) is 11.8 Å². The van der Waals surface area contributed by atoms with E-state index in [4.69, 9.17) is 11.6 Å². The number of hydrogen-bond donors (Lipinski definition) is 1. The van der Waals surface area contributed by atoms with Crippen molar-refractivity contribution in [1.82, 2.24) is 0 Å². The molecule has 2 rings (SSSR count). The molecule has 0 fully saturated rings. The lowest BCUT2D eigenvalue weighted by atomic mass is 9.76. The van der Waals surface area contributed by atoms with E-state index in [0.29, 0.717) is 17.9 Å². The maximum Gasteiger partial charge on any atom is 0.124 e. The first-order chi connectivity index (χ1) is 11.2. The van der Waals surface area contributed by atoms with E-state index in [0.717, 1.165) is 11.1 Å². The van der Waals surface area contributed by atoms with Crippen LogP contribution in [0.5, 0.6) is 0 Å². The lowest BCUT2D eigenvalue weighted by Gasteiger charge is -2.32. The van der Waals surface area contributed by atoms with Gasteiger partial charge in [-0.1, -0.05) is 73.7 Å². The van der Waals surface area contributed by atoms with Crippen LogP contribution in [-0.2, 0) is 11.8 Å². The van der Waals surface area contributed by atoms with E-state index in [1.54, 1.807) is 13.0 Å². The second-order valence-corrected chi connectivity index (χ2v) is 7.33. The summed E-state index contributed by atoms with van der Waals surface area (Å²) in [6, 6.07) is 14.3. The first-order valence-electron chi connectivity index (χ1n) is 7.91. The smallest absolute Gasteiger partial charge is 0.124 e. The highest BCUT2D eigenvalue weighted by Gasteiger charge is 2.32. The summed E-state index contributed by atoms with van der Waals surface area (Å²) in [5, 5.41) is 11.0. The van der Waals surface area contributed by atoms with Crippen LogP contribution < -0.4 is 0 Å². The maximum atomic E-state index is 13.2. The fraction of sp³-hybridized carbons (Fsp3) is 0.333. The monoisotopic (exact) mass is 344 g/mol. The Morgan fingerprint density at radius 1 is 1.08 bits per heavy atom. The zero-order valence-corrected chi connectivity index (χ0v) is 15.0. The number of halogens is 2. The zero-order valence-electron chi connectivity index (χ0n) is 14.2. The lowest BCUT2D eigenvalue weighted by Crippen LogP contribution is -2.33. The third-order valence-corrected chi connectivity index (χ3v) is 4.25. The van der Waals surface area contributed by atoms with Gasteiger partial charge in [0, 0.05) is 11.4 Å². The molecule has 1 atom stereocenters. The largest absolute Gasteiger partial charge is 0.378 e. The van der Waals surface area contributed by atoms with Crippen LogP contribution in [0.3, 0.4) is 0 Å². The molecule has 0 aromatic heterocycles. The molecule has 0 saturated heterocycles. The zero-order chi connectivity index (χ0) is 17.8. The van der Waals surface area contributed by atoms with Crippen molar-refractivity contribution < 1.29 is 9.50 Å². The third kappa shape index (κ3) is 5.09. The van der Waals surface area contributed by atoms with Crippen molar-refractivity contribution in [2.75, 3.05) is 0 Å². The molecular weight excluding hydrogens is 323 g/mol. The van der Waals surface area contributed by atoms with Gasteiger partial charge >= 0.3 is 0 Å². The topological polar surface area (TPSA) is 20.2 Å². The van der Waals surface area contributed by atoms with E-state index in [9.17, 15) is 9.50 Å². The highest BCUT2D eigenvalue weighted by atomic mass is 35.5. The average Bonchev–Trinajstić information content (AvgIpc) is 2.46. The van der Waals surface area contributed by atoms with Crippen LogP contribution in [0.2, 0.25) is 5.02 Å². The van der Waals surface area contributed by atoms with Crippen LogP contribution in [0.4, 0.5) is 4.39 Å². The minimum atomic E-state index is -1.16. The van der Waals surface area contributed by atoms with Crippen molar-refractivity contribution in [3.05, 3.63) is 70.5 Å². The van der Waals surface area contributed by atoms with Gasteiger partial charge in [-0.15, -0.1) is 0 Å². The summed E-state index contributed by atoms with van der Waals surface area (Å²) >= 11 is 6.17. The quantitative estimate of drug-likeness (QED) is 0.761. The summed E-state index contributed by atoms with van der Waals surface area (Å²) in [6.07, 6.45) is 0.988. The summed E-state index contributed by atoms with van der Waals surface area (Å²) in [6.45, 7) is 5.64. The van der Waals surface area contributed by atoms with Crippen LogP contribution in [0.25, 0.3) is 0 Å². The van der Waals surface area contributed by atoms with E-state index >= 15 is 0 Å². The van der Waals surface area contributed by atoms with Gasteiger partial charge in [0.1, 0.15) is 11.4 Å². The lowest BCUT2D eigenvalue weighted by molar-refractivity contribution is 0.0886. The molecule has 0 saturated carbocycles. The molecule has 1 nitrogen and oxygen atoms in total. The van der Waals surface area contributed by atoms with Gasteiger partial charge in [0.15, 0.2) is 0 Å². The van der Waals surface area contributed by atoms with Crippen LogP contribution in [0.15, 0.2) is 48.5 Å². The van der Waals surface area contributed by atoms with Crippen molar-refractivity contribution in [1.29, 1.82) is 0 Å². The van der Waals surface area contributed by atoms with Crippen LogP contribution >= 0.6 is 11.6 Å². The summed E-state index contributed by atoms with van der Waals surface area (Å²) in [7, 11) is 0. The molecule has 0 radical (unpaired) electrons. The normalized spacial score (nSPS) is 13.8. The molecule has 0 aliphatic carbocycles. The molecule has 126 valence electrons. The molecule has 2 aromatic carbocycles.